The predicted molar refractivity (Wildman–Crippen MR) is 201 cm³/mol. The maximum Gasteiger partial charge on any atom is 0.306 e. The molecule has 0 aromatic carbocycles. The zero-order chi connectivity index (χ0) is 35.2. The first-order valence-electron chi connectivity index (χ1n) is 21.0. The van der Waals surface area contributed by atoms with Crippen LogP contribution in [-0.4, -0.2) is 37.2 Å². The van der Waals surface area contributed by atoms with Crippen LogP contribution in [0.25, 0.3) is 0 Å². The van der Waals surface area contributed by atoms with Crippen LogP contribution in [0.2, 0.25) is 0 Å². The van der Waals surface area contributed by atoms with Crippen molar-refractivity contribution in [1.29, 1.82) is 0 Å². The second-order valence-corrected chi connectivity index (χ2v) is 14.3. The molecule has 0 aliphatic carbocycles. The van der Waals surface area contributed by atoms with E-state index in [2.05, 4.69) is 20.8 Å². The van der Waals surface area contributed by atoms with E-state index in [4.69, 9.17) is 14.2 Å². The average Bonchev–Trinajstić information content (AvgIpc) is 3.08. The molecule has 0 saturated carbocycles. The molecule has 0 N–H and O–H groups in total. The van der Waals surface area contributed by atoms with E-state index in [1.165, 1.54) is 135 Å². The van der Waals surface area contributed by atoms with E-state index < -0.39 is 6.10 Å². The standard InChI is InChI=1S/C42H80O6/c1-4-7-10-13-16-18-19-20-21-22-24-27-29-32-35-41(44)47-38-39(48-42(45)36-33-30-25-15-12-9-6-3)37-46-40(43)34-31-28-26-23-17-14-11-8-5-2/h39H,4-38H2,1-3H3/t39-/m0/s1. The summed E-state index contributed by atoms with van der Waals surface area (Å²) in [6.45, 7) is 6.58. The highest BCUT2D eigenvalue weighted by Gasteiger charge is 2.19. The van der Waals surface area contributed by atoms with Crippen molar-refractivity contribution < 1.29 is 28.6 Å². The van der Waals surface area contributed by atoms with Gasteiger partial charge in [-0.2, -0.15) is 0 Å². The molecule has 0 aromatic rings. The molecule has 48 heavy (non-hydrogen) atoms. The number of hydrogen-bond acceptors (Lipinski definition) is 6. The van der Waals surface area contributed by atoms with Crippen LogP contribution in [-0.2, 0) is 28.6 Å². The van der Waals surface area contributed by atoms with Gasteiger partial charge in [0.25, 0.3) is 0 Å². The predicted octanol–water partition coefficient (Wildman–Crippen LogP) is 12.9. The fraction of sp³-hybridized carbons (Fsp3) is 0.929. The van der Waals surface area contributed by atoms with E-state index in [-0.39, 0.29) is 31.1 Å². The van der Waals surface area contributed by atoms with Gasteiger partial charge in [-0.1, -0.05) is 194 Å². The first-order chi connectivity index (χ1) is 23.5. The fourth-order valence-electron chi connectivity index (χ4n) is 6.15. The van der Waals surface area contributed by atoms with Gasteiger partial charge >= 0.3 is 17.9 Å². The van der Waals surface area contributed by atoms with Crippen LogP contribution in [0.4, 0.5) is 0 Å². The normalized spacial score (nSPS) is 11.8. The van der Waals surface area contributed by atoms with Gasteiger partial charge in [0.2, 0.25) is 0 Å². The van der Waals surface area contributed by atoms with Gasteiger partial charge in [0.05, 0.1) is 0 Å². The van der Waals surface area contributed by atoms with Crippen LogP contribution < -0.4 is 0 Å². The summed E-state index contributed by atoms with van der Waals surface area (Å²) in [7, 11) is 0. The topological polar surface area (TPSA) is 78.9 Å². The van der Waals surface area contributed by atoms with Crippen molar-refractivity contribution >= 4 is 17.9 Å². The quantitative estimate of drug-likeness (QED) is 0.0367. The molecular formula is C42H80O6. The number of ether oxygens (including phenoxy) is 3. The monoisotopic (exact) mass is 681 g/mol. The van der Waals surface area contributed by atoms with Gasteiger partial charge in [-0.15, -0.1) is 0 Å². The molecule has 0 heterocycles. The van der Waals surface area contributed by atoms with Crippen LogP contribution in [0.3, 0.4) is 0 Å². The lowest BCUT2D eigenvalue weighted by atomic mass is 10.0. The van der Waals surface area contributed by atoms with Crippen molar-refractivity contribution in [2.75, 3.05) is 13.2 Å². The second-order valence-electron chi connectivity index (χ2n) is 14.3. The highest BCUT2D eigenvalue weighted by Crippen LogP contribution is 2.15. The van der Waals surface area contributed by atoms with Crippen molar-refractivity contribution in [2.24, 2.45) is 0 Å². The van der Waals surface area contributed by atoms with Gasteiger partial charge in [0.15, 0.2) is 6.10 Å². The lowest BCUT2D eigenvalue weighted by molar-refractivity contribution is -0.167. The van der Waals surface area contributed by atoms with Crippen LogP contribution >= 0.6 is 0 Å². The highest BCUT2D eigenvalue weighted by molar-refractivity contribution is 5.71. The summed E-state index contributed by atoms with van der Waals surface area (Å²) in [5.41, 5.74) is 0. The Balaban J connectivity index is 4.24. The lowest BCUT2D eigenvalue weighted by Gasteiger charge is -2.18. The van der Waals surface area contributed by atoms with Gasteiger partial charge in [0.1, 0.15) is 13.2 Å². The summed E-state index contributed by atoms with van der Waals surface area (Å²) in [4.78, 5) is 37.4. The highest BCUT2D eigenvalue weighted by atomic mass is 16.6. The minimum Gasteiger partial charge on any atom is -0.462 e. The Bertz CT molecular complexity index is 708. The van der Waals surface area contributed by atoms with Gasteiger partial charge in [0, 0.05) is 19.3 Å². The minimum absolute atomic E-state index is 0.0640. The molecule has 0 spiro atoms. The largest absolute Gasteiger partial charge is 0.462 e. The number of esters is 3. The van der Waals surface area contributed by atoms with Crippen molar-refractivity contribution in [1.82, 2.24) is 0 Å². The van der Waals surface area contributed by atoms with Crippen molar-refractivity contribution in [2.45, 2.75) is 239 Å². The molecule has 0 aliphatic heterocycles. The van der Waals surface area contributed by atoms with E-state index in [0.717, 1.165) is 57.8 Å². The molecule has 1 atom stereocenters. The molecule has 0 radical (unpaired) electrons. The van der Waals surface area contributed by atoms with Gasteiger partial charge in [-0.25, -0.2) is 0 Å². The molecule has 0 fully saturated rings. The van der Waals surface area contributed by atoms with Crippen LogP contribution in [0.1, 0.15) is 233 Å². The molecular weight excluding hydrogens is 600 g/mol. The molecule has 284 valence electrons. The van der Waals surface area contributed by atoms with Gasteiger partial charge in [-0.3, -0.25) is 14.4 Å². The molecule has 6 nitrogen and oxygen atoms in total. The van der Waals surface area contributed by atoms with E-state index in [1.54, 1.807) is 0 Å². The summed E-state index contributed by atoms with van der Waals surface area (Å²) >= 11 is 0. The van der Waals surface area contributed by atoms with Crippen LogP contribution in [0, 0.1) is 0 Å². The molecule has 0 bridgehead atoms. The first kappa shape index (κ1) is 46.4. The fourth-order valence-corrected chi connectivity index (χ4v) is 6.15. The van der Waals surface area contributed by atoms with E-state index in [1.807, 2.05) is 0 Å². The van der Waals surface area contributed by atoms with Gasteiger partial charge < -0.3 is 14.2 Å². The van der Waals surface area contributed by atoms with Crippen LogP contribution in [0.5, 0.6) is 0 Å². The summed E-state index contributed by atoms with van der Waals surface area (Å²) in [5.74, 6) is -0.866. The lowest BCUT2D eigenvalue weighted by Crippen LogP contribution is -2.30. The molecule has 0 unspecified atom stereocenters. The average molecular weight is 681 g/mol. The third-order valence-electron chi connectivity index (χ3n) is 9.36. The Morgan fingerprint density at radius 3 is 0.833 bits per heavy atom. The molecule has 0 aliphatic rings. The Kier molecular flexibility index (Phi) is 36.9. The second kappa shape index (κ2) is 38.2. The van der Waals surface area contributed by atoms with Crippen LogP contribution in [0.15, 0.2) is 0 Å². The Morgan fingerprint density at radius 2 is 0.562 bits per heavy atom. The molecule has 0 saturated heterocycles. The zero-order valence-electron chi connectivity index (χ0n) is 32.3. The number of carbonyl (C=O) groups is 3. The zero-order valence-corrected chi connectivity index (χ0v) is 32.3. The summed E-state index contributed by atoms with van der Waals surface area (Å²) in [6.07, 6.45) is 36.7. The molecule has 0 rings (SSSR count). The number of rotatable bonds is 38. The van der Waals surface area contributed by atoms with Gasteiger partial charge in [-0.05, 0) is 19.3 Å². The minimum atomic E-state index is -0.755. The molecule has 6 heteroatoms. The summed E-state index contributed by atoms with van der Waals surface area (Å²) < 4.78 is 16.6. The number of hydrogen-bond donors (Lipinski definition) is 0. The maximum atomic E-state index is 12.5. The maximum absolute atomic E-state index is 12.5. The number of carbonyl (C=O) groups excluding carboxylic acids is 3. The van der Waals surface area contributed by atoms with E-state index in [0.29, 0.717) is 19.3 Å². The Morgan fingerprint density at radius 1 is 0.333 bits per heavy atom. The SMILES string of the molecule is CCCCCCCCCCCCCCCCC(=O)OC[C@H](COC(=O)CCCCCCCCCCC)OC(=O)CCCCCCCCC. The third kappa shape index (κ3) is 35.7. The van der Waals surface area contributed by atoms with Crippen molar-refractivity contribution in [3.8, 4) is 0 Å². The van der Waals surface area contributed by atoms with Crippen molar-refractivity contribution in [3.63, 3.8) is 0 Å². The molecule has 0 amide bonds. The third-order valence-corrected chi connectivity index (χ3v) is 9.36. The molecule has 0 aromatic heterocycles. The van der Waals surface area contributed by atoms with Crippen molar-refractivity contribution in [3.05, 3.63) is 0 Å². The smallest absolute Gasteiger partial charge is 0.306 e. The Hall–Kier alpha value is -1.59. The summed E-state index contributed by atoms with van der Waals surface area (Å²) in [5, 5.41) is 0. The first-order valence-corrected chi connectivity index (χ1v) is 21.0. The van der Waals surface area contributed by atoms with E-state index in [9.17, 15) is 14.4 Å². The van der Waals surface area contributed by atoms with E-state index >= 15 is 0 Å². The summed E-state index contributed by atoms with van der Waals surface area (Å²) in [6, 6.07) is 0. The number of unbranched alkanes of at least 4 members (excludes halogenated alkanes) is 27. The Labute approximate surface area is 298 Å².